The van der Waals surface area contributed by atoms with Gasteiger partial charge in [-0.2, -0.15) is 0 Å². The molecule has 0 spiro atoms. The van der Waals surface area contributed by atoms with Crippen molar-refractivity contribution in [3.05, 3.63) is 87.9 Å². The molecule has 3 rings (SSSR count). The molecular weight excluding hydrogens is 594 g/mol. The standard InChI is InChI=1S/C30H36BrN3O5S/c1-6-27(30(36)32-7-2)33(19-23-10-8-9-22(4)17-23)29(35)20-34(24-13-11-21(3)12-14-24)40(37,38)25-15-16-28(39-5)26(31)18-25/h8-18,27H,6-7,19-20H2,1-5H3,(H,32,36). The van der Waals surface area contributed by atoms with Crippen LogP contribution in [0.5, 0.6) is 5.75 Å². The molecule has 1 atom stereocenters. The third-order valence-corrected chi connectivity index (χ3v) is 8.87. The van der Waals surface area contributed by atoms with E-state index in [9.17, 15) is 18.0 Å². The van der Waals surface area contributed by atoms with Gasteiger partial charge in [-0.15, -0.1) is 0 Å². The summed E-state index contributed by atoms with van der Waals surface area (Å²) in [6.45, 7) is 7.59. The molecule has 0 bridgehead atoms. The lowest BCUT2D eigenvalue weighted by Gasteiger charge is -2.33. The average molecular weight is 631 g/mol. The maximum atomic E-state index is 14.0. The number of methoxy groups -OCH3 is 1. The van der Waals surface area contributed by atoms with Crippen molar-refractivity contribution >= 4 is 43.5 Å². The molecule has 8 nitrogen and oxygen atoms in total. The molecule has 3 aromatic rings. The van der Waals surface area contributed by atoms with Crippen LogP contribution in [0.1, 0.15) is 37.0 Å². The Morgan fingerprint density at radius 2 is 1.68 bits per heavy atom. The Balaban J connectivity index is 2.08. The third-order valence-electron chi connectivity index (χ3n) is 6.48. The lowest BCUT2D eigenvalue weighted by Crippen LogP contribution is -2.52. The van der Waals surface area contributed by atoms with Crippen LogP contribution >= 0.6 is 15.9 Å². The van der Waals surface area contributed by atoms with Crippen molar-refractivity contribution < 1.29 is 22.7 Å². The maximum Gasteiger partial charge on any atom is 0.264 e. The van der Waals surface area contributed by atoms with Gasteiger partial charge in [-0.25, -0.2) is 8.42 Å². The van der Waals surface area contributed by atoms with Crippen LogP contribution < -0.4 is 14.4 Å². The molecule has 40 heavy (non-hydrogen) atoms. The highest BCUT2D eigenvalue weighted by molar-refractivity contribution is 9.10. The molecule has 0 aromatic heterocycles. The number of carbonyl (C=O) groups excluding carboxylic acids is 2. The van der Waals surface area contributed by atoms with Crippen molar-refractivity contribution in [2.24, 2.45) is 0 Å². The number of amides is 2. The number of nitrogens with one attached hydrogen (secondary N) is 1. The second kappa shape index (κ2) is 13.8. The summed E-state index contributed by atoms with van der Waals surface area (Å²) in [7, 11) is -2.69. The molecule has 0 radical (unpaired) electrons. The van der Waals surface area contributed by atoms with Crippen molar-refractivity contribution in [1.29, 1.82) is 0 Å². The summed E-state index contributed by atoms with van der Waals surface area (Å²) in [5.74, 6) is -0.292. The molecule has 0 fully saturated rings. The summed E-state index contributed by atoms with van der Waals surface area (Å²) in [5, 5.41) is 2.81. The minimum atomic E-state index is -4.19. The number of aryl methyl sites for hydroxylation is 2. The zero-order chi connectivity index (χ0) is 29.4. The number of likely N-dealkylation sites (N-methyl/N-ethyl adjacent to an activating group) is 1. The van der Waals surface area contributed by atoms with E-state index in [2.05, 4.69) is 21.2 Å². The van der Waals surface area contributed by atoms with E-state index in [-0.39, 0.29) is 17.3 Å². The number of halogens is 1. The van der Waals surface area contributed by atoms with Crippen LogP contribution in [0.25, 0.3) is 0 Å². The van der Waals surface area contributed by atoms with E-state index in [1.807, 2.05) is 52.0 Å². The number of nitrogens with zero attached hydrogens (tertiary/aromatic N) is 2. The summed E-state index contributed by atoms with van der Waals surface area (Å²) in [4.78, 5) is 28.5. The normalized spacial score (nSPS) is 11.9. The fraction of sp³-hybridized carbons (Fsp3) is 0.333. The predicted octanol–water partition coefficient (Wildman–Crippen LogP) is 5.21. The summed E-state index contributed by atoms with van der Waals surface area (Å²) in [6.07, 6.45) is 0.367. The maximum absolute atomic E-state index is 14.0. The fourth-order valence-electron chi connectivity index (χ4n) is 4.39. The highest BCUT2D eigenvalue weighted by Gasteiger charge is 2.33. The van der Waals surface area contributed by atoms with Crippen molar-refractivity contribution in [2.45, 2.75) is 51.6 Å². The van der Waals surface area contributed by atoms with Crippen molar-refractivity contribution in [3.8, 4) is 5.75 Å². The first-order valence-electron chi connectivity index (χ1n) is 13.1. The van der Waals surface area contributed by atoms with Crippen molar-refractivity contribution in [2.75, 3.05) is 24.5 Å². The average Bonchev–Trinajstić information content (AvgIpc) is 2.92. The summed E-state index contributed by atoms with van der Waals surface area (Å²) >= 11 is 3.36. The zero-order valence-corrected chi connectivity index (χ0v) is 25.9. The second-order valence-corrected chi connectivity index (χ2v) is 12.2. The second-order valence-electron chi connectivity index (χ2n) is 9.47. The number of rotatable bonds is 12. The molecule has 0 aliphatic carbocycles. The molecule has 3 aromatic carbocycles. The van der Waals surface area contributed by atoms with Gasteiger partial charge in [0.15, 0.2) is 0 Å². The zero-order valence-electron chi connectivity index (χ0n) is 23.5. The molecule has 0 heterocycles. The Kier molecular flexibility index (Phi) is 10.8. The van der Waals surface area contributed by atoms with E-state index >= 15 is 0 Å². The highest BCUT2D eigenvalue weighted by atomic mass is 79.9. The van der Waals surface area contributed by atoms with Crippen molar-refractivity contribution in [1.82, 2.24) is 10.2 Å². The van der Waals surface area contributed by atoms with Crippen LogP contribution in [-0.4, -0.2) is 51.4 Å². The van der Waals surface area contributed by atoms with Gasteiger partial charge in [0.05, 0.1) is 22.2 Å². The SMILES string of the molecule is CCNC(=O)C(CC)N(Cc1cccc(C)c1)C(=O)CN(c1ccc(C)cc1)S(=O)(=O)c1ccc(OC)c(Br)c1. The van der Waals surface area contributed by atoms with Crippen molar-refractivity contribution in [3.63, 3.8) is 0 Å². The minimum absolute atomic E-state index is 0.00504. The van der Waals surface area contributed by atoms with Crippen LogP contribution in [0.15, 0.2) is 76.1 Å². The van der Waals surface area contributed by atoms with Crippen LogP contribution in [0, 0.1) is 13.8 Å². The van der Waals surface area contributed by atoms with E-state index in [1.54, 1.807) is 30.3 Å². The van der Waals surface area contributed by atoms with Gasteiger partial charge >= 0.3 is 0 Å². The molecule has 1 unspecified atom stereocenters. The summed E-state index contributed by atoms with van der Waals surface area (Å²) in [6, 6.07) is 18.3. The van der Waals surface area contributed by atoms with Gasteiger partial charge in [0.1, 0.15) is 18.3 Å². The molecule has 0 saturated carbocycles. The van der Waals surface area contributed by atoms with E-state index in [4.69, 9.17) is 4.74 Å². The van der Waals surface area contributed by atoms with Gasteiger partial charge in [-0.1, -0.05) is 54.4 Å². The number of sulfonamides is 1. The van der Waals surface area contributed by atoms with Crippen LogP contribution in [0.4, 0.5) is 5.69 Å². The Hall–Kier alpha value is -3.37. The highest BCUT2D eigenvalue weighted by Crippen LogP contribution is 2.31. The first-order valence-corrected chi connectivity index (χ1v) is 15.3. The fourth-order valence-corrected chi connectivity index (χ4v) is 6.53. The van der Waals surface area contributed by atoms with Gasteiger partial charge in [-0.05, 0) is 79.0 Å². The lowest BCUT2D eigenvalue weighted by atomic mass is 10.1. The van der Waals surface area contributed by atoms with Gasteiger partial charge in [0.25, 0.3) is 10.0 Å². The first kappa shape index (κ1) is 31.2. The first-order chi connectivity index (χ1) is 19.0. The molecule has 1 N–H and O–H groups in total. The Labute approximate surface area is 245 Å². The number of carbonyl (C=O) groups is 2. The molecule has 10 heteroatoms. The molecular formula is C30H36BrN3O5S. The smallest absolute Gasteiger partial charge is 0.264 e. The van der Waals surface area contributed by atoms with Gasteiger partial charge in [0.2, 0.25) is 11.8 Å². The Morgan fingerprint density at radius 1 is 0.975 bits per heavy atom. The summed E-state index contributed by atoms with van der Waals surface area (Å²) < 4.78 is 34.9. The van der Waals surface area contributed by atoms with Gasteiger partial charge in [-0.3, -0.25) is 13.9 Å². The topological polar surface area (TPSA) is 96.0 Å². The third kappa shape index (κ3) is 7.42. The predicted molar refractivity (Wildman–Crippen MR) is 161 cm³/mol. The molecule has 0 aliphatic rings. The Bertz CT molecular complexity index is 1440. The number of ether oxygens (including phenoxy) is 1. The molecule has 2 amide bonds. The van der Waals surface area contributed by atoms with E-state index < -0.39 is 28.5 Å². The van der Waals surface area contributed by atoms with Crippen LogP contribution in [-0.2, 0) is 26.2 Å². The largest absolute Gasteiger partial charge is 0.496 e. The quantitative estimate of drug-likeness (QED) is 0.297. The summed E-state index contributed by atoms with van der Waals surface area (Å²) in [5.41, 5.74) is 3.15. The monoisotopic (exact) mass is 629 g/mol. The number of benzene rings is 3. The number of hydrogen-bond acceptors (Lipinski definition) is 5. The van der Waals surface area contributed by atoms with Crippen LogP contribution in [0.3, 0.4) is 0 Å². The molecule has 214 valence electrons. The molecule has 0 saturated heterocycles. The van der Waals surface area contributed by atoms with Crippen LogP contribution in [0.2, 0.25) is 0 Å². The van der Waals surface area contributed by atoms with E-state index in [0.29, 0.717) is 28.9 Å². The Morgan fingerprint density at radius 3 is 2.25 bits per heavy atom. The molecule has 0 aliphatic heterocycles. The number of hydrogen-bond donors (Lipinski definition) is 1. The van der Waals surface area contributed by atoms with E-state index in [0.717, 1.165) is 21.0 Å². The minimum Gasteiger partial charge on any atom is -0.496 e. The van der Waals surface area contributed by atoms with Gasteiger partial charge < -0.3 is 15.0 Å². The van der Waals surface area contributed by atoms with E-state index in [1.165, 1.54) is 24.1 Å². The lowest BCUT2D eigenvalue weighted by molar-refractivity contribution is -0.140. The van der Waals surface area contributed by atoms with Gasteiger partial charge in [0, 0.05) is 13.1 Å². The number of anilines is 1.